The minimum absolute atomic E-state index is 0.0264. The van der Waals surface area contributed by atoms with Crippen LogP contribution in [0.2, 0.25) is 18.1 Å². The Hall–Kier alpha value is 0.347. The molecule has 3 rings (SSSR count). The molecule has 0 atom stereocenters. The van der Waals surface area contributed by atoms with Crippen LogP contribution >= 0.6 is 7.92 Å². The zero-order chi connectivity index (χ0) is 12.0. The van der Waals surface area contributed by atoms with Crippen LogP contribution in [0.4, 0.5) is 13.2 Å². The monoisotopic (exact) mass is 292 g/mol. The first-order chi connectivity index (χ1) is 7.24. The van der Waals surface area contributed by atoms with E-state index in [0.29, 0.717) is 18.1 Å². The van der Waals surface area contributed by atoms with E-state index in [-0.39, 0.29) is 7.92 Å². The molecular weight excluding hydrogens is 280 g/mol. The SMILES string of the molecule is O=S(=O)(O[Si]12CCP(CC1)CC2)C(F)(F)F. The van der Waals surface area contributed by atoms with Crippen molar-refractivity contribution >= 4 is 26.4 Å². The van der Waals surface area contributed by atoms with Crippen molar-refractivity contribution < 1.29 is 25.5 Å². The summed E-state index contributed by atoms with van der Waals surface area (Å²) in [7, 11) is -8.03. The minimum atomic E-state index is -5.37. The Morgan fingerprint density at radius 1 is 1.06 bits per heavy atom. The molecule has 3 heterocycles. The molecule has 0 N–H and O–H groups in total. The maximum absolute atomic E-state index is 12.2. The number of alkyl halides is 3. The summed E-state index contributed by atoms with van der Waals surface area (Å²) in [4.78, 5) is 0. The number of fused-ring (bicyclic) bond motifs is 3. The first-order valence-electron chi connectivity index (χ1n) is 4.98. The summed E-state index contributed by atoms with van der Waals surface area (Å²) in [6, 6.07) is 1.77. The lowest BCUT2D eigenvalue weighted by Gasteiger charge is -2.43. The molecule has 16 heavy (non-hydrogen) atoms. The second-order valence-corrected chi connectivity index (χ2v) is 12.8. The van der Waals surface area contributed by atoms with Gasteiger partial charge in [-0.05, 0) is 36.6 Å². The topological polar surface area (TPSA) is 43.4 Å². The summed E-state index contributed by atoms with van der Waals surface area (Å²) in [5, 5.41) is 0. The van der Waals surface area contributed by atoms with Crippen LogP contribution in [0.1, 0.15) is 0 Å². The maximum Gasteiger partial charge on any atom is 0.522 e. The van der Waals surface area contributed by atoms with Crippen LogP contribution in [0.5, 0.6) is 0 Å². The number of hydrogen-bond acceptors (Lipinski definition) is 3. The Labute approximate surface area is 94.4 Å². The number of rotatable bonds is 2. The molecule has 0 aromatic rings. The molecule has 0 spiro atoms. The molecule has 0 aromatic heterocycles. The van der Waals surface area contributed by atoms with Gasteiger partial charge in [0.15, 0.2) is 0 Å². The highest BCUT2D eigenvalue weighted by Crippen LogP contribution is 2.54. The first kappa shape index (κ1) is 12.8. The lowest BCUT2D eigenvalue weighted by Crippen LogP contribution is -2.50. The summed E-state index contributed by atoms with van der Waals surface area (Å²) in [6.45, 7) is 0. The summed E-state index contributed by atoms with van der Waals surface area (Å²) >= 11 is 0. The quantitative estimate of drug-likeness (QED) is 0.445. The van der Waals surface area contributed by atoms with E-state index in [9.17, 15) is 21.6 Å². The van der Waals surface area contributed by atoms with E-state index in [4.69, 9.17) is 0 Å². The van der Waals surface area contributed by atoms with Gasteiger partial charge in [0.25, 0.3) is 0 Å². The average Bonchev–Trinajstić information content (AvgIpc) is 2.17. The highest BCUT2D eigenvalue weighted by molar-refractivity contribution is 7.88. The van der Waals surface area contributed by atoms with E-state index >= 15 is 0 Å². The van der Waals surface area contributed by atoms with Crippen molar-refractivity contribution in [2.45, 2.75) is 23.6 Å². The van der Waals surface area contributed by atoms with E-state index in [2.05, 4.69) is 3.87 Å². The molecule has 3 nitrogen and oxygen atoms in total. The molecule has 0 aliphatic carbocycles. The van der Waals surface area contributed by atoms with Crippen LogP contribution in [-0.2, 0) is 14.0 Å². The van der Waals surface area contributed by atoms with Crippen molar-refractivity contribution in [2.75, 3.05) is 18.5 Å². The van der Waals surface area contributed by atoms with Crippen LogP contribution in [0.3, 0.4) is 0 Å². The minimum Gasteiger partial charge on any atom is -0.308 e. The molecule has 9 heteroatoms. The normalized spacial score (nSPS) is 35.3. The molecule has 0 amide bonds. The Morgan fingerprint density at radius 2 is 1.50 bits per heavy atom. The van der Waals surface area contributed by atoms with Crippen molar-refractivity contribution in [2.24, 2.45) is 0 Å². The van der Waals surface area contributed by atoms with Crippen molar-refractivity contribution in [1.82, 2.24) is 0 Å². The van der Waals surface area contributed by atoms with Gasteiger partial charge >= 0.3 is 15.6 Å². The van der Waals surface area contributed by atoms with Crippen molar-refractivity contribution in [3.63, 3.8) is 0 Å². The Balaban J connectivity index is 2.15. The third-order valence-electron chi connectivity index (χ3n) is 3.22. The van der Waals surface area contributed by atoms with Gasteiger partial charge in [-0.3, -0.25) is 0 Å². The molecule has 0 saturated carbocycles. The van der Waals surface area contributed by atoms with Gasteiger partial charge in [-0.25, -0.2) is 0 Å². The Morgan fingerprint density at radius 3 is 1.88 bits per heavy atom. The highest BCUT2D eigenvalue weighted by atomic mass is 32.2. The van der Waals surface area contributed by atoms with Gasteiger partial charge < -0.3 is 3.87 Å². The van der Waals surface area contributed by atoms with Crippen LogP contribution < -0.4 is 0 Å². The highest BCUT2D eigenvalue weighted by Gasteiger charge is 2.55. The second kappa shape index (κ2) is 3.93. The van der Waals surface area contributed by atoms with Crippen LogP contribution in [0.25, 0.3) is 0 Å². The number of halogens is 3. The lowest BCUT2D eigenvalue weighted by atomic mass is 10.8. The molecule has 3 fully saturated rings. The summed E-state index contributed by atoms with van der Waals surface area (Å²) < 4.78 is 63.3. The van der Waals surface area contributed by atoms with E-state index < -0.39 is 23.9 Å². The fourth-order valence-corrected chi connectivity index (χ4v) is 15.5. The van der Waals surface area contributed by atoms with Gasteiger partial charge in [0.2, 0.25) is 8.32 Å². The average molecular weight is 292 g/mol. The second-order valence-electron chi connectivity index (χ2n) is 4.26. The van der Waals surface area contributed by atoms with E-state index in [1.807, 2.05) is 0 Å². The number of hydrogen-bond donors (Lipinski definition) is 0. The lowest BCUT2D eigenvalue weighted by molar-refractivity contribution is -0.0504. The smallest absolute Gasteiger partial charge is 0.308 e. The van der Waals surface area contributed by atoms with Crippen molar-refractivity contribution in [1.29, 1.82) is 0 Å². The molecule has 2 bridgehead atoms. The molecule has 94 valence electrons. The molecular formula is C7H12F3O3PSSi. The van der Waals surface area contributed by atoms with Gasteiger partial charge in [-0.15, -0.1) is 7.92 Å². The summed E-state index contributed by atoms with van der Waals surface area (Å²) in [5.74, 6) is 0. The maximum atomic E-state index is 12.2. The predicted octanol–water partition coefficient (Wildman–Crippen LogP) is 2.31. The first-order valence-corrected chi connectivity index (χ1v) is 10.8. The molecule has 3 saturated heterocycles. The van der Waals surface area contributed by atoms with Gasteiger partial charge in [0.05, 0.1) is 0 Å². The third kappa shape index (κ3) is 2.30. The standard InChI is InChI=1S/C7H12F3O3PSSi/c8-7(9,10)15(11,12)13-16-4-1-14(2-5-16)3-6-16/h1-6H2. The molecule has 3 aliphatic rings. The van der Waals surface area contributed by atoms with Crippen LogP contribution in [0, 0.1) is 0 Å². The molecule has 0 unspecified atom stereocenters. The van der Waals surface area contributed by atoms with Gasteiger partial charge in [0.1, 0.15) is 0 Å². The Bertz CT molecular complexity index is 361. The summed E-state index contributed by atoms with van der Waals surface area (Å²) in [6.07, 6.45) is 2.69. The van der Waals surface area contributed by atoms with Crippen molar-refractivity contribution in [3.8, 4) is 0 Å². The van der Waals surface area contributed by atoms with Gasteiger partial charge in [0, 0.05) is 0 Å². The predicted molar refractivity (Wildman–Crippen MR) is 57.8 cm³/mol. The fourth-order valence-electron chi connectivity index (χ4n) is 2.20. The van der Waals surface area contributed by atoms with E-state index in [0.717, 1.165) is 18.5 Å². The van der Waals surface area contributed by atoms with Gasteiger partial charge in [-0.2, -0.15) is 21.6 Å². The largest absolute Gasteiger partial charge is 0.522 e. The zero-order valence-electron chi connectivity index (χ0n) is 8.46. The summed E-state index contributed by atoms with van der Waals surface area (Å²) in [5.41, 5.74) is -5.27. The molecule has 3 aliphatic heterocycles. The fraction of sp³-hybridized carbons (Fsp3) is 1.00. The van der Waals surface area contributed by atoms with Crippen molar-refractivity contribution in [3.05, 3.63) is 0 Å². The van der Waals surface area contributed by atoms with E-state index in [1.54, 1.807) is 0 Å². The Kier molecular flexibility index (Phi) is 3.14. The van der Waals surface area contributed by atoms with Gasteiger partial charge in [-0.1, -0.05) is 0 Å². The molecule has 0 aromatic carbocycles. The van der Waals surface area contributed by atoms with Crippen LogP contribution in [-0.4, -0.2) is 40.7 Å². The van der Waals surface area contributed by atoms with Crippen LogP contribution in [0.15, 0.2) is 0 Å². The molecule has 0 radical (unpaired) electrons. The van der Waals surface area contributed by atoms with E-state index in [1.165, 1.54) is 0 Å². The third-order valence-corrected chi connectivity index (χ3v) is 13.4. The zero-order valence-corrected chi connectivity index (χ0v) is 11.2.